The summed E-state index contributed by atoms with van der Waals surface area (Å²) in [6, 6.07) is 4.69. The van der Waals surface area contributed by atoms with Gasteiger partial charge in [0.05, 0.1) is 17.8 Å². The van der Waals surface area contributed by atoms with Crippen LogP contribution < -0.4 is 0 Å². The van der Waals surface area contributed by atoms with Gasteiger partial charge in [0.2, 0.25) is 0 Å². The summed E-state index contributed by atoms with van der Waals surface area (Å²) in [5, 5.41) is 0. The number of hydrogen-bond donors (Lipinski definition) is 0. The summed E-state index contributed by atoms with van der Waals surface area (Å²) in [7, 11) is 0. The highest BCUT2D eigenvalue weighted by Gasteiger charge is 2.28. The Hall–Kier alpha value is -1.42. The molecule has 0 saturated heterocycles. The summed E-state index contributed by atoms with van der Waals surface area (Å²) in [6.07, 6.45) is 1.75. The van der Waals surface area contributed by atoms with Gasteiger partial charge in [-0.2, -0.15) is 0 Å². The molecule has 2 heterocycles. The molecule has 19 heavy (non-hydrogen) atoms. The minimum atomic E-state index is 0.121. The first-order valence-electron chi connectivity index (χ1n) is 6.99. The van der Waals surface area contributed by atoms with Crippen LogP contribution in [0, 0.1) is 0 Å². The second-order valence-electron chi connectivity index (χ2n) is 5.65. The lowest BCUT2D eigenvalue weighted by atomic mass is 10.2. The molecule has 0 atom stereocenters. The second-order valence-corrected chi connectivity index (χ2v) is 5.65. The lowest BCUT2D eigenvalue weighted by Crippen LogP contribution is -2.42. The third-order valence-electron chi connectivity index (χ3n) is 3.70. The zero-order valence-electron chi connectivity index (χ0n) is 12.3. The van der Waals surface area contributed by atoms with Gasteiger partial charge in [-0.15, -0.1) is 0 Å². The van der Waals surface area contributed by atoms with Gasteiger partial charge in [-0.25, -0.2) is 0 Å². The lowest BCUT2D eigenvalue weighted by molar-refractivity contribution is 0.0731. The monoisotopic (exact) mass is 261 g/mol. The van der Waals surface area contributed by atoms with Crippen molar-refractivity contribution in [1.82, 2.24) is 14.8 Å². The third-order valence-corrected chi connectivity index (χ3v) is 3.70. The van der Waals surface area contributed by atoms with Crippen molar-refractivity contribution in [2.45, 2.75) is 46.3 Å². The molecule has 1 aliphatic rings. The van der Waals surface area contributed by atoms with E-state index in [1.54, 1.807) is 6.20 Å². The molecule has 0 aromatic carbocycles. The highest BCUT2D eigenvalue weighted by atomic mass is 16.2. The summed E-state index contributed by atoms with van der Waals surface area (Å²) in [4.78, 5) is 20.8. The highest BCUT2D eigenvalue weighted by Crippen LogP contribution is 2.20. The molecule has 1 amide bonds. The molecule has 1 aliphatic heterocycles. The van der Waals surface area contributed by atoms with Crippen LogP contribution in [0.2, 0.25) is 0 Å². The fourth-order valence-corrected chi connectivity index (χ4v) is 2.71. The van der Waals surface area contributed by atoms with Gasteiger partial charge in [-0.1, -0.05) is 0 Å². The molecule has 0 bridgehead atoms. The van der Waals surface area contributed by atoms with E-state index < -0.39 is 0 Å². The van der Waals surface area contributed by atoms with E-state index >= 15 is 0 Å². The van der Waals surface area contributed by atoms with Crippen molar-refractivity contribution in [3.63, 3.8) is 0 Å². The Kier molecular flexibility index (Phi) is 4.20. The van der Waals surface area contributed by atoms with E-state index in [-0.39, 0.29) is 5.91 Å². The van der Waals surface area contributed by atoms with E-state index in [2.05, 4.69) is 37.6 Å². The summed E-state index contributed by atoms with van der Waals surface area (Å²) in [5.41, 5.74) is 1.68. The van der Waals surface area contributed by atoms with Gasteiger partial charge in [0.1, 0.15) is 0 Å². The van der Waals surface area contributed by atoms with E-state index in [0.717, 1.165) is 24.3 Å². The molecule has 1 aromatic heterocycles. The van der Waals surface area contributed by atoms with E-state index in [9.17, 15) is 4.79 Å². The zero-order valence-corrected chi connectivity index (χ0v) is 12.3. The quantitative estimate of drug-likeness (QED) is 0.815. The molecule has 4 nitrogen and oxygen atoms in total. The Morgan fingerprint density at radius 3 is 2.58 bits per heavy atom. The second kappa shape index (κ2) is 5.70. The first kappa shape index (κ1) is 14.0. The van der Waals surface area contributed by atoms with Gasteiger partial charge in [-0.05, 0) is 39.8 Å². The van der Waals surface area contributed by atoms with Crippen LogP contribution in [0.3, 0.4) is 0 Å². The Labute approximate surface area is 115 Å². The number of amides is 1. The molecule has 0 spiro atoms. The lowest BCUT2D eigenvalue weighted by Gasteiger charge is -2.32. The van der Waals surface area contributed by atoms with E-state index in [1.807, 2.05) is 17.0 Å². The van der Waals surface area contributed by atoms with Crippen LogP contribution >= 0.6 is 0 Å². The van der Waals surface area contributed by atoms with E-state index in [1.165, 1.54) is 0 Å². The summed E-state index contributed by atoms with van der Waals surface area (Å²) in [6.45, 7) is 11.1. The van der Waals surface area contributed by atoms with Crippen LogP contribution in [-0.4, -0.2) is 45.9 Å². The average molecular weight is 261 g/mol. The minimum absolute atomic E-state index is 0.121. The van der Waals surface area contributed by atoms with Gasteiger partial charge < -0.3 is 4.90 Å². The van der Waals surface area contributed by atoms with Crippen LogP contribution in [0.1, 0.15) is 43.7 Å². The SMILES string of the molecule is CC(C)N(CCN1Cc2ncccc2C1=O)C(C)C. The first-order valence-corrected chi connectivity index (χ1v) is 6.99. The van der Waals surface area contributed by atoms with Crippen molar-refractivity contribution in [1.29, 1.82) is 0 Å². The van der Waals surface area contributed by atoms with Crippen LogP contribution in [-0.2, 0) is 6.54 Å². The average Bonchev–Trinajstić information content (AvgIpc) is 2.66. The fourth-order valence-electron chi connectivity index (χ4n) is 2.71. The number of carbonyl (C=O) groups excluding carboxylic acids is 1. The number of carbonyl (C=O) groups is 1. The largest absolute Gasteiger partial charge is 0.331 e. The molecule has 0 saturated carbocycles. The molecule has 0 radical (unpaired) electrons. The normalized spacial score (nSPS) is 14.9. The van der Waals surface area contributed by atoms with Crippen molar-refractivity contribution >= 4 is 5.91 Å². The van der Waals surface area contributed by atoms with Crippen LogP contribution in [0.15, 0.2) is 18.3 Å². The van der Waals surface area contributed by atoms with Gasteiger partial charge in [-0.3, -0.25) is 14.7 Å². The number of nitrogens with zero attached hydrogens (tertiary/aromatic N) is 3. The number of pyridine rings is 1. The molecular formula is C15H23N3O. The summed E-state index contributed by atoms with van der Waals surface area (Å²) >= 11 is 0. The number of fused-ring (bicyclic) bond motifs is 1. The molecule has 0 unspecified atom stereocenters. The molecule has 0 N–H and O–H groups in total. The number of rotatable bonds is 5. The molecule has 1 aromatic rings. The minimum Gasteiger partial charge on any atom is -0.331 e. The van der Waals surface area contributed by atoms with Gasteiger partial charge in [0, 0.05) is 31.4 Å². The molecule has 104 valence electrons. The van der Waals surface area contributed by atoms with Crippen molar-refractivity contribution in [3.8, 4) is 0 Å². The number of hydrogen-bond acceptors (Lipinski definition) is 3. The highest BCUT2D eigenvalue weighted by molar-refractivity contribution is 5.97. The smallest absolute Gasteiger partial charge is 0.256 e. The van der Waals surface area contributed by atoms with Gasteiger partial charge in [0.25, 0.3) is 5.91 Å². The van der Waals surface area contributed by atoms with Crippen LogP contribution in [0.25, 0.3) is 0 Å². The molecule has 0 fully saturated rings. The van der Waals surface area contributed by atoms with Crippen molar-refractivity contribution < 1.29 is 4.79 Å². The third kappa shape index (κ3) is 2.95. The van der Waals surface area contributed by atoms with Crippen molar-refractivity contribution in [2.75, 3.05) is 13.1 Å². The maximum absolute atomic E-state index is 12.2. The van der Waals surface area contributed by atoms with Crippen molar-refractivity contribution in [2.24, 2.45) is 0 Å². The van der Waals surface area contributed by atoms with E-state index in [4.69, 9.17) is 0 Å². The standard InChI is InChI=1S/C15H23N3O/c1-11(2)18(12(3)4)9-8-17-10-14-13(15(17)19)6-5-7-16-14/h5-7,11-12H,8-10H2,1-4H3. The fraction of sp³-hybridized carbons (Fsp3) is 0.600. The Balaban J connectivity index is 1.98. The van der Waals surface area contributed by atoms with E-state index in [0.29, 0.717) is 18.6 Å². The Bertz CT molecular complexity index is 448. The molecular weight excluding hydrogens is 238 g/mol. The predicted molar refractivity (Wildman–Crippen MR) is 76.0 cm³/mol. The summed E-state index contributed by atoms with van der Waals surface area (Å²) in [5.74, 6) is 0.121. The molecule has 4 heteroatoms. The van der Waals surface area contributed by atoms with Crippen molar-refractivity contribution in [3.05, 3.63) is 29.6 Å². The van der Waals surface area contributed by atoms with Crippen LogP contribution in [0.5, 0.6) is 0 Å². The topological polar surface area (TPSA) is 36.4 Å². The van der Waals surface area contributed by atoms with Crippen LogP contribution in [0.4, 0.5) is 0 Å². The molecule has 2 rings (SSSR count). The predicted octanol–water partition coefficient (Wildman–Crippen LogP) is 2.16. The molecule has 0 aliphatic carbocycles. The summed E-state index contributed by atoms with van der Waals surface area (Å²) < 4.78 is 0. The first-order chi connectivity index (χ1) is 9.00. The van der Waals surface area contributed by atoms with Gasteiger partial charge in [0.15, 0.2) is 0 Å². The zero-order chi connectivity index (χ0) is 14.0. The maximum Gasteiger partial charge on any atom is 0.256 e. The van der Waals surface area contributed by atoms with Gasteiger partial charge >= 0.3 is 0 Å². The Morgan fingerprint density at radius 2 is 2.00 bits per heavy atom. The maximum atomic E-state index is 12.2. The number of aromatic nitrogens is 1. The Morgan fingerprint density at radius 1 is 1.32 bits per heavy atom.